The van der Waals surface area contributed by atoms with Crippen LogP contribution in [0, 0.1) is 0 Å². The average Bonchev–Trinajstić information content (AvgIpc) is 3.42. The van der Waals surface area contributed by atoms with E-state index >= 15 is 0 Å². The van der Waals surface area contributed by atoms with Crippen LogP contribution in [0.3, 0.4) is 0 Å². The van der Waals surface area contributed by atoms with Gasteiger partial charge in [0.1, 0.15) is 11.5 Å². The highest BCUT2D eigenvalue weighted by atomic mass is 16.3. The predicted octanol–water partition coefficient (Wildman–Crippen LogP) is 6.64. The summed E-state index contributed by atoms with van der Waals surface area (Å²) in [6.07, 6.45) is 2.18. The molecule has 1 aliphatic carbocycles. The number of benzene rings is 2. The fourth-order valence-corrected chi connectivity index (χ4v) is 7.21. The molecule has 0 spiro atoms. The molecule has 1 saturated carbocycles. The summed E-state index contributed by atoms with van der Waals surface area (Å²) >= 11 is 0. The molecule has 42 heavy (non-hydrogen) atoms. The maximum absolute atomic E-state index is 11.2. The minimum atomic E-state index is -0.153. The van der Waals surface area contributed by atoms with Gasteiger partial charge in [0.2, 0.25) is 0 Å². The van der Waals surface area contributed by atoms with E-state index in [9.17, 15) is 10.2 Å². The van der Waals surface area contributed by atoms with E-state index in [1.807, 2.05) is 0 Å². The molecule has 0 bridgehead atoms. The summed E-state index contributed by atoms with van der Waals surface area (Å²) in [7, 11) is 0. The number of phenolic OH excluding ortho intramolecular Hbond substituents is 2. The van der Waals surface area contributed by atoms with Crippen LogP contribution in [0.4, 0.5) is 0 Å². The summed E-state index contributed by atoms with van der Waals surface area (Å²) < 4.78 is 0. The minimum absolute atomic E-state index is 0.0539. The molecule has 2 aliphatic heterocycles. The third kappa shape index (κ3) is 5.85. The van der Waals surface area contributed by atoms with E-state index in [1.165, 1.54) is 11.1 Å². The molecule has 3 fully saturated rings. The standard InChI is InChI=1S/C36H56N4O2/c1-33(2,3)21-13-19(14-22(29(21)41)34(4,5)6)31-37-25-17-27-28(18-26(25)38-31)40-32(39-27)20-15-23(35(7,8)9)30(42)24(16-20)36(10,11)12/h13-16,25-28,31-32,37-42H,17-18H2,1-12H3. The van der Waals surface area contributed by atoms with Gasteiger partial charge in [-0.1, -0.05) is 83.1 Å². The Balaban J connectivity index is 1.37. The summed E-state index contributed by atoms with van der Waals surface area (Å²) in [4.78, 5) is 0. The molecule has 4 atom stereocenters. The molecule has 6 N–H and O–H groups in total. The van der Waals surface area contributed by atoms with Crippen LogP contribution in [0.1, 0.15) is 142 Å². The van der Waals surface area contributed by atoms with Crippen LogP contribution in [0.5, 0.6) is 11.5 Å². The minimum Gasteiger partial charge on any atom is -0.507 e. The number of hydrogen-bond acceptors (Lipinski definition) is 6. The lowest BCUT2D eigenvalue weighted by Crippen LogP contribution is -2.51. The van der Waals surface area contributed by atoms with Crippen molar-refractivity contribution >= 4 is 0 Å². The Kier molecular flexibility index (Phi) is 7.62. The highest BCUT2D eigenvalue weighted by Crippen LogP contribution is 2.44. The maximum Gasteiger partial charge on any atom is 0.123 e. The third-order valence-corrected chi connectivity index (χ3v) is 9.67. The number of rotatable bonds is 2. The van der Waals surface area contributed by atoms with Crippen molar-refractivity contribution in [3.63, 3.8) is 0 Å². The summed E-state index contributed by atoms with van der Waals surface area (Å²) in [6.45, 7) is 26.1. The Hall–Kier alpha value is -2.12. The molecule has 0 radical (unpaired) electrons. The summed E-state index contributed by atoms with van der Waals surface area (Å²) in [5.74, 6) is 0.864. The quantitative estimate of drug-likeness (QED) is 0.240. The molecule has 2 heterocycles. The average molecular weight is 577 g/mol. The zero-order valence-corrected chi connectivity index (χ0v) is 28.1. The number of nitrogens with one attached hydrogen (secondary N) is 4. The van der Waals surface area contributed by atoms with Crippen molar-refractivity contribution in [2.45, 2.75) is 154 Å². The Morgan fingerprint density at radius 2 is 0.667 bits per heavy atom. The van der Waals surface area contributed by atoms with Gasteiger partial charge < -0.3 is 10.2 Å². The van der Waals surface area contributed by atoms with Gasteiger partial charge in [-0.2, -0.15) is 0 Å². The third-order valence-electron chi connectivity index (χ3n) is 9.67. The van der Waals surface area contributed by atoms with Crippen molar-refractivity contribution < 1.29 is 10.2 Å². The topological polar surface area (TPSA) is 88.6 Å². The molecular formula is C36H56N4O2. The molecule has 2 aromatic rings. The van der Waals surface area contributed by atoms with Gasteiger partial charge in [-0.3, -0.25) is 21.3 Å². The molecule has 4 unspecified atom stereocenters. The second-order valence-corrected chi connectivity index (χ2v) is 17.4. The first-order chi connectivity index (χ1) is 19.1. The van der Waals surface area contributed by atoms with E-state index in [0.717, 1.165) is 35.1 Å². The van der Waals surface area contributed by atoms with Crippen LogP contribution < -0.4 is 21.3 Å². The molecule has 2 aromatic carbocycles. The van der Waals surface area contributed by atoms with Gasteiger partial charge in [-0.25, -0.2) is 0 Å². The fourth-order valence-electron chi connectivity index (χ4n) is 7.21. The second-order valence-electron chi connectivity index (χ2n) is 17.4. The van der Waals surface area contributed by atoms with Gasteiger partial charge in [0, 0.05) is 24.2 Å². The summed E-state index contributed by atoms with van der Waals surface area (Å²) in [5.41, 5.74) is 5.81. The van der Waals surface area contributed by atoms with Crippen molar-refractivity contribution in [1.82, 2.24) is 21.3 Å². The van der Waals surface area contributed by atoms with Crippen LogP contribution in [-0.4, -0.2) is 34.4 Å². The number of fused-ring (bicyclic) bond motifs is 2. The molecule has 2 saturated heterocycles. The molecular weight excluding hydrogens is 520 g/mol. The zero-order valence-electron chi connectivity index (χ0n) is 28.1. The van der Waals surface area contributed by atoms with Crippen molar-refractivity contribution in [1.29, 1.82) is 0 Å². The van der Waals surface area contributed by atoms with E-state index in [0.29, 0.717) is 35.7 Å². The van der Waals surface area contributed by atoms with Crippen LogP contribution >= 0.6 is 0 Å². The molecule has 232 valence electrons. The second kappa shape index (κ2) is 10.2. The van der Waals surface area contributed by atoms with Crippen molar-refractivity contribution in [3.8, 4) is 11.5 Å². The lowest BCUT2D eigenvalue weighted by Gasteiger charge is -2.33. The van der Waals surface area contributed by atoms with Gasteiger partial charge in [0.05, 0.1) is 12.3 Å². The molecule has 0 aromatic heterocycles. The smallest absolute Gasteiger partial charge is 0.123 e. The van der Waals surface area contributed by atoms with Crippen LogP contribution in [0.25, 0.3) is 0 Å². The molecule has 3 aliphatic rings. The van der Waals surface area contributed by atoms with E-state index in [1.54, 1.807) is 0 Å². The first kappa shape index (κ1) is 31.3. The Labute approximate surface area is 254 Å². The largest absolute Gasteiger partial charge is 0.507 e. The van der Waals surface area contributed by atoms with E-state index in [-0.39, 0.29) is 34.0 Å². The molecule has 5 rings (SSSR count). The van der Waals surface area contributed by atoms with E-state index in [4.69, 9.17) is 0 Å². The predicted molar refractivity (Wildman–Crippen MR) is 173 cm³/mol. The molecule has 6 nitrogen and oxygen atoms in total. The van der Waals surface area contributed by atoms with E-state index in [2.05, 4.69) is 129 Å². The Morgan fingerprint density at radius 1 is 0.452 bits per heavy atom. The van der Waals surface area contributed by atoms with Crippen molar-refractivity contribution in [2.24, 2.45) is 0 Å². The van der Waals surface area contributed by atoms with Crippen LogP contribution in [0.2, 0.25) is 0 Å². The highest BCUT2D eigenvalue weighted by molar-refractivity contribution is 5.52. The number of phenols is 2. The van der Waals surface area contributed by atoms with Gasteiger partial charge in [-0.05, 0) is 92.1 Å². The van der Waals surface area contributed by atoms with Gasteiger partial charge in [-0.15, -0.1) is 0 Å². The Bertz CT molecular complexity index is 1140. The SMILES string of the molecule is CC(C)(C)c1cc(C2NC3CC4NC(c5cc(C(C)(C)C)c(O)c(C(C)(C)C)c5)NC4CC3N2)cc(C(C)(C)C)c1O. The highest BCUT2D eigenvalue weighted by Gasteiger charge is 2.47. The van der Waals surface area contributed by atoms with E-state index < -0.39 is 0 Å². The monoisotopic (exact) mass is 576 g/mol. The number of hydrogen-bond donors (Lipinski definition) is 6. The lowest BCUT2D eigenvalue weighted by atomic mass is 9.78. The summed E-state index contributed by atoms with van der Waals surface area (Å²) in [5, 5.41) is 38.2. The van der Waals surface area contributed by atoms with Crippen molar-refractivity contribution in [2.75, 3.05) is 0 Å². The van der Waals surface area contributed by atoms with Gasteiger partial charge in [0.15, 0.2) is 0 Å². The normalized spacial score (nSPS) is 28.6. The Morgan fingerprint density at radius 3 is 0.857 bits per heavy atom. The molecule has 0 amide bonds. The fraction of sp³-hybridized carbons (Fsp3) is 0.667. The van der Waals surface area contributed by atoms with Crippen molar-refractivity contribution in [3.05, 3.63) is 57.6 Å². The van der Waals surface area contributed by atoms with Gasteiger partial charge >= 0.3 is 0 Å². The maximum atomic E-state index is 11.2. The summed E-state index contributed by atoms with van der Waals surface area (Å²) in [6, 6.07) is 10.3. The number of aromatic hydroxyl groups is 2. The molecule has 6 heteroatoms. The van der Waals surface area contributed by atoms with Crippen LogP contribution in [0.15, 0.2) is 24.3 Å². The lowest BCUT2D eigenvalue weighted by molar-refractivity contribution is 0.295. The van der Waals surface area contributed by atoms with Crippen LogP contribution in [-0.2, 0) is 21.7 Å². The first-order valence-electron chi connectivity index (χ1n) is 15.9. The van der Waals surface area contributed by atoms with Gasteiger partial charge in [0.25, 0.3) is 0 Å². The first-order valence-corrected chi connectivity index (χ1v) is 15.9. The zero-order chi connectivity index (χ0) is 31.2.